The van der Waals surface area contributed by atoms with Crippen LogP contribution in [0.2, 0.25) is 0 Å². The van der Waals surface area contributed by atoms with Crippen molar-refractivity contribution >= 4 is 27.5 Å². The first-order valence-corrected chi connectivity index (χ1v) is 17.8. The monoisotopic (exact) mass is 687 g/mol. The molecule has 0 saturated heterocycles. The van der Waals surface area contributed by atoms with Crippen LogP contribution in [0.1, 0.15) is 43.2 Å². The minimum Gasteiger partial charge on any atom is -0.493 e. The van der Waals surface area contributed by atoms with Gasteiger partial charge in [-0.1, -0.05) is 79.9 Å². The Morgan fingerprint density at radius 1 is 0.816 bits per heavy atom. The number of hydrogen-bond acceptors (Lipinski definition) is 6. The van der Waals surface area contributed by atoms with Crippen LogP contribution in [0.15, 0.2) is 108 Å². The van der Waals surface area contributed by atoms with Crippen molar-refractivity contribution in [3.63, 3.8) is 0 Å². The molecule has 0 aliphatic heterocycles. The molecular formula is C38H42FN3O6S. The number of benzene rings is 4. The molecule has 1 N–H and O–H groups in total. The predicted octanol–water partition coefficient (Wildman–Crippen LogP) is 6.13. The molecule has 49 heavy (non-hydrogen) atoms. The highest BCUT2D eigenvalue weighted by molar-refractivity contribution is 7.92. The third-order valence-corrected chi connectivity index (χ3v) is 10.5. The lowest BCUT2D eigenvalue weighted by Crippen LogP contribution is -2.55. The van der Waals surface area contributed by atoms with Crippen molar-refractivity contribution < 1.29 is 31.9 Å². The van der Waals surface area contributed by atoms with Crippen LogP contribution in [0.3, 0.4) is 0 Å². The van der Waals surface area contributed by atoms with Crippen LogP contribution < -0.4 is 19.1 Å². The SMILES string of the molecule is COc1ccc(S(=O)(=O)N(CC(=O)N(Cc2ccccc2)[C@H](Cc2ccccc2)C(=O)NC2CCCCC2)c2ccc(F)cc2)cc1OC. The summed E-state index contributed by atoms with van der Waals surface area (Å²) in [5, 5.41) is 3.20. The maximum Gasteiger partial charge on any atom is 0.264 e. The molecule has 1 aliphatic carbocycles. The molecule has 4 aromatic rings. The lowest BCUT2D eigenvalue weighted by atomic mass is 9.94. The lowest BCUT2D eigenvalue weighted by molar-refractivity contribution is -0.140. The Balaban J connectivity index is 1.56. The normalized spacial score (nSPS) is 14.0. The van der Waals surface area contributed by atoms with Crippen LogP contribution in [0.25, 0.3) is 0 Å². The Bertz CT molecular complexity index is 1800. The number of halogens is 1. The van der Waals surface area contributed by atoms with E-state index in [4.69, 9.17) is 9.47 Å². The predicted molar refractivity (Wildman–Crippen MR) is 186 cm³/mol. The van der Waals surface area contributed by atoms with E-state index in [1.165, 1.54) is 49.5 Å². The van der Waals surface area contributed by atoms with Gasteiger partial charge in [0.25, 0.3) is 10.0 Å². The van der Waals surface area contributed by atoms with E-state index in [-0.39, 0.29) is 41.2 Å². The maximum absolute atomic E-state index is 14.6. The highest BCUT2D eigenvalue weighted by atomic mass is 32.2. The number of methoxy groups -OCH3 is 2. The van der Waals surface area contributed by atoms with Crippen LogP contribution in [0.4, 0.5) is 10.1 Å². The fraction of sp³-hybridized carbons (Fsp3) is 0.316. The zero-order valence-corrected chi connectivity index (χ0v) is 28.6. The smallest absolute Gasteiger partial charge is 0.264 e. The van der Waals surface area contributed by atoms with Gasteiger partial charge in [0.1, 0.15) is 18.4 Å². The number of carbonyl (C=O) groups excluding carboxylic acids is 2. The molecule has 1 saturated carbocycles. The Hall–Kier alpha value is -4.90. The van der Waals surface area contributed by atoms with Crippen LogP contribution in [-0.2, 0) is 32.6 Å². The number of carbonyl (C=O) groups is 2. The summed E-state index contributed by atoms with van der Waals surface area (Å²) in [7, 11) is -1.60. The van der Waals surface area contributed by atoms with E-state index in [2.05, 4.69) is 5.32 Å². The highest BCUT2D eigenvalue weighted by Crippen LogP contribution is 2.32. The van der Waals surface area contributed by atoms with Gasteiger partial charge in [-0.15, -0.1) is 0 Å². The third kappa shape index (κ3) is 8.97. The van der Waals surface area contributed by atoms with Gasteiger partial charge in [-0.05, 0) is 60.4 Å². The first kappa shape index (κ1) is 35.4. The van der Waals surface area contributed by atoms with Crippen LogP contribution >= 0.6 is 0 Å². The summed E-state index contributed by atoms with van der Waals surface area (Å²) in [5.74, 6) is -0.950. The van der Waals surface area contributed by atoms with Crippen molar-refractivity contribution in [2.24, 2.45) is 0 Å². The topological polar surface area (TPSA) is 105 Å². The highest BCUT2D eigenvalue weighted by Gasteiger charge is 2.35. The van der Waals surface area contributed by atoms with Gasteiger partial charge in [0.15, 0.2) is 11.5 Å². The van der Waals surface area contributed by atoms with Crippen LogP contribution in [0.5, 0.6) is 11.5 Å². The molecule has 1 fully saturated rings. The fourth-order valence-corrected chi connectivity index (χ4v) is 7.55. The van der Waals surface area contributed by atoms with Crippen molar-refractivity contribution in [1.29, 1.82) is 0 Å². The van der Waals surface area contributed by atoms with Gasteiger partial charge in [-0.25, -0.2) is 12.8 Å². The Labute approximate surface area is 287 Å². The van der Waals surface area contributed by atoms with Crippen molar-refractivity contribution in [3.8, 4) is 11.5 Å². The molecule has 9 nitrogen and oxygen atoms in total. The van der Waals surface area contributed by atoms with Gasteiger partial charge >= 0.3 is 0 Å². The summed E-state index contributed by atoms with van der Waals surface area (Å²) in [6, 6.07) is 26.8. The summed E-state index contributed by atoms with van der Waals surface area (Å²) in [5.41, 5.74) is 1.71. The molecule has 258 valence electrons. The van der Waals surface area contributed by atoms with Gasteiger partial charge in [0, 0.05) is 25.1 Å². The van der Waals surface area contributed by atoms with Crippen molar-refractivity contribution in [1.82, 2.24) is 10.2 Å². The third-order valence-electron chi connectivity index (χ3n) is 8.75. The molecule has 5 rings (SSSR count). The van der Waals surface area contributed by atoms with Gasteiger partial charge in [0.05, 0.1) is 24.8 Å². The molecule has 4 aromatic carbocycles. The van der Waals surface area contributed by atoms with E-state index in [9.17, 15) is 22.4 Å². The van der Waals surface area contributed by atoms with Crippen molar-refractivity contribution in [3.05, 3.63) is 120 Å². The van der Waals surface area contributed by atoms with Gasteiger partial charge in [0.2, 0.25) is 11.8 Å². The van der Waals surface area contributed by atoms with E-state index >= 15 is 0 Å². The fourth-order valence-electron chi connectivity index (χ4n) is 6.12. The van der Waals surface area contributed by atoms with Gasteiger partial charge in [-0.3, -0.25) is 13.9 Å². The molecule has 11 heteroatoms. The largest absolute Gasteiger partial charge is 0.493 e. The zero-order chi connectivity index (χ0) is 34.8. The number of nitrogens with zero attached hydrogens (tertiary/aromatic N) is 2. The molecule has 2 amide bonds. The number of nitrogens with one attached hydrogen (secondary N) is 1. The van der Waals surface area contributed by atoms with E-state index in [1.807, 2.05) is 60.7 Å². The molecule has 0 spiro atoms. The van der Waals surface area contributed by atoms with Crippen molar-refractivity contribution in [2.45, 2.75) is 62.0 Å². The average Bonchev–Trinajstić information content (AvgIpc) is 3.13. The molecule has 1 aliphatic rings. The minimum atomic E-state index is -4.43. The number of ether oxygens (including phenoxy) is 2. The average molecular weight is 688 g/mol. The number of amides is 2. The van der Waals surface area contributed by atoms with E-state index in [1.54, 1.807) is 0 Å². The van der Waals surface area contributed by atoms with Crippen molar-refractivity contribution in [2.75, 3.05) is 25.1 Å². The standard InChI is InChI=1S/C38H42FN3O6S/c1-47-35-23-22-33(25-36(35)48-2)49(45,46)42(32-20-18-30(39)19-21-32)27-37(43)41(26-29-14-8-4-9-15-29)34(24-28-12-6-3-7-13-28)38(44)40-31-16-10-5-11-17-31/h3-4,6-9,12-15,18-23,25,31,34H,5,10-11,16-17,24,26-27H2,1-2H3,(H,40,44)/t34-/m1/s1. The number of rotatable bonds is 14. The second-order valence-corrected chi connectivity index (χ2v) is 13.9. The summed E-state index contributed by atoms with van der Waals surface area (Å²) in [6.45, 7) is -0.597. The molecule has 0 unspecified atom stereocenters. The van der Waals surface area contributed by atoms with Crippen LogP contribution in [0, 0.1) is 5.82 Å². The van der Waals surface area contributed by atoms with Crippen LogP contribution in [-0.4, -0.2) is 58.0 Å². The first-order valence-electron chi connectivity index (χ1n) is 16.4. The molecule has 1 atom stereocenters. The summed E-state index contributed by atoms with van der Waals surface area (Å²) < 4.78 is 54.3. The van der Waals surface area contributed by atoms with E-state index in [0.29, 0.717) is 5.75 Å². The molecule has 0 bridgehead atoms. The minimum absolute atomic E-state index is 0.00524. The molecule has 0 radical (unpaired) electrons. The van der Waals surface area contributed by atoms with Gasteiger partial charge < -0.3 is 19.7 Å². The summed E-state index contributed by atoms with van der Waals surface area (Å²) in [6.07, 6.45) is 5.09. The van der Waals surface area contributed by atoms with E-state index < -0.39 is 34.3 Å². The Kier molecular flexibility index (Phi) is 11.9. The first-order chi connectivity index (χ1) is 23.7. The zero-order valence-electron chi connectivity index (χ0n) is 27.8. The van der Waals surface area contributed by atoms with Gasteiger partial charge in [-0.2, -0.15) is 0 Å². The number of sulfonamides is 1. The summed E-state index contributed by atoms with van der Waals surface area (Å²) >= 11 is 0. The molecule has 0 aromatic heterocycles. The lowest BCUT2D eigenvalue weighted by Gasteiger charge is -2.35. The molecule has 0 heterocycles. The number of anilines is 1. The molecular weight excluding hydrogens is 645 g/mol. The summed E-state index contributed by atoms with van der Waals surface area (Å²) in [4.78, 5) is 30.1. The second-order valence-electron chi connectivity index (χ2n) is 12.1. The quantitative estimate of drug-likeness (QED) is 0.171. The number of hydrogen-bond donors (Lipinski definition) is 1. The van der Waals surface area contributed by atoms with E-state index in [0.717, 1.165) is 59.7 Å². The second kappa shape index (κ2) is 16.5. The Morgan fingerprint density at radius 3 is 2.04 bits per heavy atom. The maximum atomic E-state index is 14.6. The Morgan fingerprint density at radius 2 is 1.43 bits per heavy atom.